The van der Waals surface area contributed by atoms with Crippen LogP contribution < -0.4 is 10.6 Å². The second-order valence-electron chi connectivity index (χ2n) is 6.61. The second-order valence-corrected chi connectivity index (χ2v) is 7.52. The van der Waals surface area contributed by atoms with E-state index in [9.17, 15) is 39.9 Å². The monoisotopic (exact) mass is 424 g/mol. The molecule has 0 radical (unpaired) electrons. The first kappa shape index (κ1) is 24.8. The summed E-state index contributed by atoms with van der Waals surface area (Å²) in [6.07, 6.45) is -7.62. The molecule has 1 aliphatic heterocycles. The topological polar surface area (TPSA) is 186 Å². The average molecular weight is 424 g/mol. The van der Waals surface area contributed by atoms with Gasteiger partial charge in [0.2, 0.25) is 5.91 Å². The summed E-state index contributed by atoms with van der Waals surface area (Å²) >= 11 is 1.19. The number of hydrogen-bond donors (Lipinski definition) is 7. The fourth-order valence-corrected chi connectivity index (χ4v) is 3.31. The van der Waals surface area contributed by atoms with Gasteiger partial charge in [0, 0.05) is 12.2 Å². The highest BCUT2D eigenvalue weighted by atomic mass is 32.2. The minimum Gasteiger partial charge on any atom is -0.480 e. The lowest BCUT2D eigenvalue weighted by molar-refractivity contribution is -0.289. The van der Waals surface area contributed by atoms with Crippen molar-refractivity contribution in [2.75, 3.05) is 19.1 Å². The number of aliphatic hydroxyl groups excluding tert-OH is 4. The van der Waals surface area contributed by atoms with Crippen molar-refractivity contribution in [1.29, 1.82) is 0 Å². The standard InChI is InChI=1S/C16H28N2O9S/c1-6(17-2)9(19)4-7(14(23)18-8(5-28-3)15(24)25)13-11(21)10(20)12(22)16(26)27-13/h6-8,10-13,16-17,20-22,26H,4-5H2,1-3H3,(H,18,23)(H,24,25)/t6-,7?,8-,10?,11?,12?,13?,16?/m0/s1. The predicted molar refractivity (Wildman–Crippen MR) is 98.5 cm³/mol. The number of aliphatic carboxylic acids is 1. The number of ether oxygens (including phenoxy) is 1. The van der Waals surface area contributed by atoms with Gasteiger partial charge in [0.25, 0.3) is 0 Å². The molecule has 1 aliphatic rings. The SMILES string of the molecule is CN[C@@H](C)C(=O)CC(C(=O)N[C@@H](CSC)C(=O)O)C1OC(O)C(O)C(O)C1O. The molecule has 1 amide bonds. The summed E-state index contributed by atoms with van der Waals surface area (Å²) in [6, 6.07) is -1.89. The maximum Gasteiger partial charge on any atom is 0.327 e. The van der Waals surface area contributed by atoms with Crippen LogP contribution in [0.5, 0.6) is 0 Å². The third kappa shape index (κ3) is 6.11. The maximum atomic E-state index is 12.7. The van der Waals surface area contributed by atoms with Crippen LogP contribution in [0.4, 0.5) is 0 Å². The van der Waals surface area contributed by atoms with Crippen LogP contribution in [0.15, 0.2) is 0 Å². The van der Waals surface area contributed by atoms with Crippen LogP contribution in [0.2, 0.25) is 0 Å². The van der Waals surface area contributed by atoms with Crippen LogP contribution in [0.1, 0.15) is 13.3 Å². The van der Waals surface area contributed by atoms with Gasteiger partial charge in [-0.1, -0.05) is 0 Å². The molecule has 1 rings (SSSR count). The Bertz CT molecular complexity index is 564. The second kappa shape index (κ2) is 11.0. The highest BCUT2D eigenvalue weighted by Crippen LogP contribution is 2.28. The van der Waals surface area contributed by atoms with E-state index in [-0.39, 0.29) is 5.75 Å². The smallest absolute Gasteiger partial charge is 0.327 e. The number of likely N-dealkylation sites (N-methyl/N-ethyl adjacent to an activating group) is 1. The molecule has 7 N–H and O–H groups in total. The first-order valence-electron chi connectivity index (χ1n) is 8.64. The number of nitrogens with one attached hydrogen (secondary N) is 2. The first-order valence-corrected chi connectivity index (χ1v) is 10.0. The molecule has 0 aromatic heterocycles. The zero-order chi connectivity index (χ0) is 21.6. The maximum absolute atomic E-state index is 12.7. The van der Waals surface area contributed by atoms with Crippen molar-refractivity contribution in [1.82, 2.24) is 10.6 Å². The van der Waals surface area contributed by atoms with Gasteiger partial charge in [0.05, 0.1) is 12.0 Å². The van der Waals surface area contributed by atoms with Crippen LogP contribution in [0, 0.1) is 5.92 Å². The van der Waals surface area contributed by atoms with E-state index < -0.39 is 72.8 Å². The van der Waals surface area contributed by atoms with Crippen LogP contribution in [-0.4, -0.2) is 105 Å². The largest absolute Gasteiger partial charge is 0.480 e. The number of carboxylic acid groups (broad SMARTS) is 1. The van der Waals surface area contributed by atoms with Gasteiger partial charge in [-0.3, -0.25) is 9.59 Å². The minimum atomic E-state index is -1.89. The summed E-state index contributed by atoms with van der Waals surface area (Å²) in [5, 5.41) is 53.7. The molecule has 0 saturated carbocycles. The van der Waals surface area contributed by atoms with Gasteiger partial charge in [-0.15, -0.1) is 0 Å². The number of aliphatic hydroxyl groups is 4. The van der Waals surface area contributed by atoms with Crippen LogP contribution in [-0.2, 0) is 19.1 Å². The Labute approximate surface area is 166 Å². The number of ketones is 1. The number of rotatable bonds is 10. The molecule has 1 heterocycles. The summed E-state index contributed by atoms with van der Waals surface area (Å²) in [6.45, 7) is 1.55. The molecule has 1 saturated heterocycles. The minimum absolute atomic E-state index is 0.0622. The molecule has 8 atom stereocenters. The van der Waals surface area contributed by atoms with E-state index in [0.29, 0.717) is 0 Å². The third-order valence-electron chi connectivity index (χ3n) is 4.64. The normalized spacial score (nSPS) is 30.9. The number of carbonyl (C=O) groups is 3. The molecular weight excluding hydrogens is 396 g/mol. The van der Waals surface area contributed by atoms with E-state index >= 15 is 0 Å². The molecule has 0 spiro atoms. The van der Waals surface area contributed by atoms with Gasteiger partial charge in [-0.2, -0.15) is 11.8 Å². The summed E-state index contributed by atoms with van der Waals surface area (Å²) in [7, 11) is 1.53. The molecule has 0 bridgehead atoms. The van der Waals surface area contributed by atoms with Gasteiger partial charge < -0.3 is 40.9 Å². The van der Waals surface area contributed by atoms with Crippen molar-refractivity contribution in [3.63, 3.8) is 0 Å². The predicted octanol–water partition coefficient (Wildman–Crippen LogP) is -3.10. The Morgan fingerprint density at radius 1 is 1.11 bits per heavy atom. The van der Waals surface area contributed by atoms with E-state index in [2.05, 4.69) is 10.6 Å². The number of amides is 1. The summed E-state index contributed by atoms with van der Waals surface area (Å²) in [5.74, 6) is -3.94. The molecule has 0 aliphatic carbocycles. The van der Waals surface area contributed by atoms with E-state index in [1.54, 1.807) is 13.2 Å². The van der Waals surface area contributed by atoms with Gasteiger partial charge >= 0.3 is 5.97 Å². The zero-order valence-electron chi connectivity index (χ0n) is 15.8. The molecule has 28 heavy (non-hydrogen) atoms. The molecule has 12 heteroatoms. The highest BCUT2D eigenvalue weighted by molar-refractivity contribution is 7.98. The van der Waals surface area contributed by atoms with E-state index in [1.165, 1.54) is 18.8 Å². The first-order chi connectivity index (χ1) is 13.0. The summed E-state index contributed by atoms with van der Waals surface area (Å²) < 4.78 is 5.09. The van der Waals surface area contributed by atoms with Crippen molar-refractivity contribution in [2.45, 2.75) is 56.1 Å². The number of carboxylic acids is 1. The lowest BCUT2D eigenvalue weighted by atomic mass is 9.85. The van der Waals surface area contributed by atoms with E-state index in [0.717, 1.165) is 0 Å². The number of hydrogen-bond acceptors (Lipinski definition) is 10. The fourth-order valence-electron chi connectivity index (χ4n) is 2.75. The zero-order valence-corrected chi connectivity index (χ0v) is 16.6. The van der Waals surface area contributed by atoms with Crippen molar-refractivity contribution in [2.24, 2.45) is 5.92 Å². The lowest BCUT2D eigenvalue weighted by Gasteiger charge is -2.41. The lowest BCUT2D eigenvalue weighted by Crippen LogP contribution is -2.62. The third-order valence-corrected chi connectivity index (χ3v) is 5.31. The molecule has 1 fully saturated rings. The fraction of sp³-hybridized carbons (Fsp3) is 0.812. The Balaban J connectivity index is 3.12. The van der Waals surface area contributed by atoms with Gasteiger partial charge in [-0.25, -0.2) is 4.79 Å². The average Bonchev–Trinajstić information content (AvgIpc) is 2.65. The van der Waals surface area contributed by atoms with Crippen molar-refractivity contribution in [3.05, 3.63) is 0 Å². The quantitative estimate of drug-likeness (QED) is 0.188. The number of thioether (sulfide) groups is 1. The Morgan fingerprint density at radius 2 is 1.71 bits per heavy atom. The number of carbonyl (C=O) groups excluding carboxylic acids is 2. The van der Waals surface area contributed by atoms with Crippen molar-refractivity contribution < 1.29 is 44.7 Å². The molecule has 6 unspecified atom stereocenters. The van der Waals surface area contributed by atoms with Crippen LogP contribution >= 0.6 is 11.8 Å². The van der Waals surface area contributed by atoms with Gasteiger partial charge in [0.15, 0.2) is 6.29 Å². The van der Waals surface area contributed by atoms with Gasteiger partial charge in [0.1, 0.15) is 36.2 Å². The van der Waals surface area contributed by atoms with Crippen molar-refractivity contribution >= 4 is 29.4 Å². The van der Waals surface area contributed by atoms with E-state index in [1.807, 2.05) is 0 Å². The summed E-state index contributed by atoms with van der Waals surface area (Å²) in [4.78, 5) is 36.4. The Kier molecular flexibility index (Phi) is 9.77. The van der Waals surface area contributed by atoms with E-state index in [4.69, 9.17) is 4.74 Å². The summed E-state index contributed by atoms with van der Waals surface area (Å²) in [5.41, 5.74) is 0. The highest BCUT2D eigenvalue weighted by Gasteiger charge is 2.48. The molecule has 0 aromatic rings. The molecular formula is C16H28N2O9S. The van der Waals surface area contributed by atoms with Crippen molar-refractivity contribution in [3.8, 4) is 0 Å². The molecule has 162 valence electrons. The Hall–Kier alpha value is -1.28. The number of Topliss-reactive ketones (excluding diaryl/α,β-unsaturated/α-hetero) is 1. The van der Waals surface area contributed by atoms with Crippen LogP contribution in [0.25, 0.3) is 0 Å². The Morgan fingerprint density at radius 3 is 2.21 bits per heavy atom. The van der Waals surface area contributed by atoms with Gasteiger partial charge in [-0.05, 0) is 20.2 Å². The molecule has 11 nitrogen and oxygen atoms in total. The molecule has 0 aromatic carbocycles. The van der Waals surface area contributed by atoms with Crippen LogP contribution in [0.3, 0.4) is 0 Å².